The molecule has 33 heavy (non-hydrogen) atoms. The van der Waals surface area contributed by atoms with E-state index in [1.807, 2.05) is 12.4 Å². The van der Waals surface area contributed by atoms with E-state index in [-0.39, 0.29) is 5.41 Å². The summed E-state index contributed by atoms with van der Waals surface area (Å²) in [5.41, 5.74) is 5.40. The first-order chi connectivity index (χ1) is 16.2. The summed E-state index contributed by atoms with van der Waals surface area (Å²) in [5.74, 6) is 1.10. The number of hydrogen-bond donors (Lipinski definition) is 2. The van der Waals surface area contributed by atoms with E-state index in [9.17, 15) is 0 Å². The topological polar surface area (TPSA) is 47.2 Å². The lowest BCUT2D eigenvalue weighted by atomic mass is 9.70. The van der Waals surface area contributed by atoms with Gasteiger partial charge in [-0.25, -0.2) is 4.98 Å². The van der Waals surface area contributed by atoms with Gasteiger partial charge in [-0.1, -0.05) is 30.8 Å². The first-order valence-corrected chi connectivity index (χ1v) is 12.9. The third-order valence-electron chi connectivity index (χ3n) is 7.76. The van der Waals surface area contributed by atoms with Crippen LogP contribution in [0.25, 0.3) is 10.9 Å². The second-order valence-electron chi connectivity index (χ2n) is 9.53. The number of rotatable bonds is 4. The van der Waals surface area contributed by atoms with Crippen molar-refractivity contribution in [3.05, 3.63) is 83.8 Å². The van der Waals surface area contributed by atoms with E-state index in [1.165, 1.54) is 40.6 Å². The van der Waals surface area contributed by atoms with Crippen LogP contribution in [0.2, 0.25) is 0 Å². The highest BCUT2D eigenvalue weighted by Crippen LogP contribution is 2.47. The van der Waals surface area contributed by atoms with Crippen molar-refractivity contribution < 1.29 is 0 Å². The van der Waals surface area contributed by atoms with E-state index in [2.05, 4.69) is 74.7 Å². The maximum absolute atomic E-state index is 4.80. The molecule has 1 spiro atoms. The molecule has 2 fully saturated rings. The molecule has 170 valence electrons. The quantitative estimate of drug-likeness (QED) is 0.521. The Morgan fingerprint density at radius 1 is 1.09 bits per heavy atom. The van der Waals surface area contributed by atoms with Crippen molar-refractivity contribution in [3.63, 3.8) is 0 Å². The standard InChI is InChI=1S/C27H31N5S/c1-20-27(9-4-13-32(20)19-22-18-29-24-6-3-2-5-23(22)24)10-14-31(15-11-27)25-8-7-21(17-30-25)26-28-12-16-33-26/h2-3,5-8,12,16-18,26,28-29H,1,4,9-11,13-15,19H2. The Balaban J connectivity index is 1.12. The number of pyridine rings is 1. The van der Waals surface area contributed by atoms with Crippen molar-refractivity contribution in [2.45, 2.75) is 37.6 Å². The normalized spacial score (nSPS) is 22.3. The zero-order chi connectivity index (χ0) is 22.3. The second kappa shape index (κ2) is 8.49. The van der Waals surface area contributed by atoms with Crippen LogP contribution in [0.4, 0.5) is 5.82 Å². The first-order valence-electron chi connectivity index (χ1n) is 12.0. The molecule has 1 aromatic carbocycles. The summed E-state index contributed by atoms with van der Waals surface area (Å²) in [4.78, 5) is 13.2. The van der Waals surface area contributed by atoms with E-state index in [0.29, 0.717) is 5.37 Å². The monoisotopic (exact) mass is 457 g/mol. The van der Waals surface area contributed by atoms with Crippen LogP contribution in [0.1, 0.15) is 42.2 Å². The van der Waals surface area contributed by atoms with Crippen LogP contribution in [0, 0.1) is 5.41 Å². The average Bonchev–Trinajstić information content (AvgIpc) is 3.54. The summed E-state index contributed by atoms with van der Waals surface area (Å²) in [6.45, 7) is 8.79. The second-order valence-corrected chi connectivity index (χ2v) is 10.5. The van der Waals surface area contributed by atoms with Gasteiger partial charge in [0.1, 0.15) is 11.2 Å². The number of aromatic nitrogens is 2. The van der Waals surface area contributed by atoms with Crippen molar-refractivity contribution in [1.29, 1.82) is 0 Å². The number of fused-ring (bicyclic) bond motifs is 1. The maximum atomic E-state index is 4.80. The fourth-order valence-electron chi connectivity index (χ4n) is 5.77. The van der Waals surface area contributed by atoms with Gasteiger partial charge in [-0.3, -0.25) is 0 Å². The Morgan fingerprint density at radius 3 is 2.76 bits per heavy atom. The molecule has 3 aromatic rings. The smallest absolute Gasteiger partial charge is 0.128 e. The van der Waals surface area contributed by atoms with Gasteiger partial charge in [0, 0.05) is 72.4 Å². The number of likely N-dealkylation sites (tertiary alicyclic amines) is 1. The number of para-hydroxylation sites is 1. The Bertz CT molecular complexity index is 1160. The number of thioether (sulfide) groups is 1. The molecular weight excluding hydrogens is 426 g/mol. The number of nitrogens with one attached hydrogen (secondary N) is 2. The summed E-state index contributed by atoms with van der Waals surface area (Å²) in [6.07, 6.45) is 11.0. The average molecular weight is 458 g/mol. The Kier molecular flexibility index (Phi) is 5.33. The molecule has 6 rings (SSSR count). The number of piperidine rings is 2. The third-order valence-corrected chi connectivity index (χ3v) is 8.74. The van der Waals surface area contributed by atoms with E-state index < -0.39 is 0 Å². The predicted molar refractivity (Wildman–Crippen MR) is 138 cm³/mol. The molecule has 3 aliphatic rings. The van der Waals surface area contributed by atoms with Crippen LogP contribution in [0.3, 0.4) is 0 Å². The van der Waals surface area contributed by atoms with E-state index in [0.717, 1.165) is 44.8 Å². The molecule has 0 radical (unpaired) electrons. The summed E-state index contributed by atoms with van der Waals surface area (Å²) >= 11 is 1.79. The predicted octanol–water partition coefficient (Wildman–Crippen LogP) is 5.77. The Labute approximate surface area is 200 Å². The number of aromatic amines is 1. The van der Waals surface area contributed by atoms with Crippen molar-refractivity contribution in [1.82, 2.24) is 20.2 Å². The van der Waals surface area contributed by atoms with Crippen molar-refractivity contribution in [2.75, 3.05) is 24.5 Å². The van der Waals surface area contributed by atoms with E-state index in [4.69, 9.17) is 4.98 Å². The zero-order valence-electron chi connectivity index (χ0n) is 19.0. The molecular formula is C27H31N5S. The SMILES string of the molecule is C=C1N(Cc2c[nH]c3ccccc23)CCCC12CCN(c1ccc(C3NC=CS3)cn1)CC2. The largest absolute Gasteiger partial charge is 0.375 e. The highest BCUT2D eigenvalue weighted by atomic mass is 32.2. The lowest BCUT2D eigenvalue weighted by Gasteiger charge is -2.50. The number of anilines is 1. The first kappa shape index (κ1) is 20.7. The lowest BCUT2D eigenvalue weighted by molar-refractivity contribution is 0.123. The van der Waals surface area contributed by atoms with E-state index >= 15 is 0 Å². The third kappa shape index (κ3) is 3.80. The van der Waals surface area contributed by atoms with Crippen LogP contribution >= 0.6 is 11.8 Å². The number of allylic oxidation sites excluding steroid dienone is 1. The van der Waals surface area contributed by atoms with Crippen LogP contribution < -0.4 is 10.2 Å². The van der Waals surface area contributed by atoms with Gasteiger partial charge in [0.15, 0.2) is 0 Å². The molecule has 0 saturated carbocycles. The molecule has 5 heterocycles. The van der Waals surface area contributed by atoms with Crippen LogP contribution in [0.15, 0.2) is 72.7 Å². The van der Waals surface area contributed by atoms with Crippen molar-refractivity contribution in [2.24, 2.45) is 5.41 Å². The van der Waals surface area contributed by atoms with Gasteiger partial charge < -0.3 is 20.1 Å². The van der Waals surface area contributed by atoms with Crippen molar-refractivity contribution >= 4 is 28.5 Å². The van der Waals surface area contributed by atoms with Crippen molar-refractivity contribution in [3.8, 4) is 0 Å². The summed E-state index contributed by atoms with van der Waals surface area (Å²) < 4.78 is 0. The summed E-state index contributed by atoms with van der Waals surface area (Å²) in [6, 6.07) is 13.0. The fourth-order valence-corrected chi connectivity index (χ4v) is 6.53. The molecule has 2 saturated heterocycles. The van der Waals surface area contributed by atoms with Gasteiger partial charge in [-0.05, 0) is 48.8 Å². The summed E-state index contributed by atoms with van der Waals surface area (Å²) in [7, 11) is 0. The van der Waals surface area contributed by atoms with Gasteiger partial charge in [0.25, 0.3) is 0 Å². The molecule has 0 aliphatic carbocycles. The number of nitrogens with zero attached hydrogens (tertiary/aromatic N) is 3. The molecule has 2 aromatic heterocycles. The van der Waals surface area contributed by atoms with E-state index in [1.54, 1.807) is 11.8 Å². The maximum Gasteiger partial charge on any atom is 0.128 e. The van der Waals surface area contributed by atoms with Gasteiger partial charge in [0.2, 0.25) is 0 Å². The molecule has 1 unspecified atom stereocenters. The Morgan fingerprint density at radius 2 is 1.97 bits per heavy atom. The molecule has 5 nitrogen and oxygen atoms in total. The lowest BCUT2D eigenvalue weighted by Crippen LogP contribution is -2.47. The number of hydrogen-bond acceptors (Lipinski definition) is 5. The highest BCUT2D eigenvalue weighted by molar-refractivity contribution is 8.02. The molecule has 3 aliphatic heterocycles. The summed E-state index contributed by atoms with van der Waals surface area (Å²) in [5, 5.41) is 7.08. The van der Waals surface area contributed by atoms with Gasteiger partial charge >= 0.3 is 0 Å². The number of H-pyrrole nitrogens is 1. The molecule has 0 bridgehead atoms. The minimum atomic E-state index is 0.233. The highest BCUT2D eigenvalue weighted by Gasteiger charge is 2.41. The van der Waals surface area contributed by atoms with Crippen LogP contribution in [-0.2, 0) is 6.54 Å². The minimum Gasteiger partial charge on any atom is -0.375 e. The zero-order valence-corrected chi connectivity index (χ0v) is 19.8. The van der Waals surface area contributed by atoms with Crippen LogP contribution in [0.5, 0.6) is 0 Å². The minimum absolute atomic E-state index is 0.233. The van der Waals surface area contributed by atoms with Gasteiger partial charge in [0.05, 0.1) is 0 Å². The van der Waals surface area contributed by atoms with Gasteiger partial charge in [-0.15, -0.1) is 11.8 Å². The molecule has 2 N–H and O–H groups in total. The fraction of sp³-hybridized carbons (Fsp3) is 0.370. The number of benzene rings is 1. The molecule has 6 heteroatoms. The molecule has 1 atom stereocenters. The van der Waals surface area contributed by atoms with Crippen LogP contribution in [-0.4, -0.2) is 34.5 Å². The molecule has 0 amide bonds. The Hall–Kier alpha value is -2.86. The van der Waals surface area contributed by atoms with Gasteiger partial charge in [-0.2, -0.15) is 0 Å².